The van der Waals surface area contributed by atoms with Gasteiger partial charge in [0.15, 0.2) is 17.8 Å². The number of hydrogen-bond donors (Lipinski definition) is 0. The predicted octanol–water partition coefficient (Wildman–Crippen LogP) is 3.17. The van der Waals surface area contributed by atoms with E-state index in [4.69, 9.17) is 18.9 Å². The maximum Gasteiger partial charge on any atom is 0.276 e. The summed E-state index contributed by atoms with van der Waals surface area (Å²) in [5.74, 6) is 0.997. The summed E-state index contributed by atoms with van der Waals surface area (Å²) in [6, 6.07) is 13.5. The number of rotatable bonds is 9. The van der Waals surface area contributed by atoms with Crippen LogP contribution in [-0.4, -0.2) is 32.0 Å². The number of benzene rings is 2. The highest BCUT2D eigenvalue weighted by atomic mass is 16.7. The van der Waals surface area contributed by atoms with Crippen LogP contribution in [0.1, 0.15) is 5.56 Å². The van der Waals surface area contributed by atoms with Gasteiger partial charge in [-0.05, 0) is 18.2 Å². The molecule has 0 atom stereocenters. The topological polar surface area (TPSA) is 80.1 Å². The van der Waals surface area contributed by atoms with Crippen molar-refractivity contribution in [1.29, 1.82) is 0 Å². The molecule has 7 heteroatoms. The van der Waals surface area contributed by atoms with Crippen molar-refractivity contribution in [2.24, 2.45) is 0 Å². The highest BCUT2D eigenvalue weighted by Crippen LogP contribution is 2.28. The van der Waals surface area contributed by atoms with E-state index in [1.54, 1.807) is 36.4 Å². The molecule has 2 aromatic carbocycles. The molecule has 0 bridgehead atoms. The van der Waals surface area contributed by atoms with E-state index in [1.807, 2.05) is 6.07 Å². The van der Waals surface area contributed by atoms with Crippen LogP contribution in [0.3, 0.4) is 0 Å². The third-order valence-electron chi connectivity index (χ3n) is 3.32. The Balaban J connectivity index is 2.07. The zero-order valence-electron chi connectivity index (χ0n) is 13.5. The van der Waals surface area contributed by atoms with E-state index in [9.17, 15) is 10.1 Å². The van der Waals surface area contributed by atoms with Crippen molar-refractivity contribution in [2.45, 2.75) is 12.9 Å². The number of methoxy groups -OCH3 is 2. The molecule has 0 saturated carbocycles. The van der Waals surface area contributed by atoms with Gasteiger partial charge in [-0.3, -0.25) is 10.1 Å². The van der Waals surface area contributed by atoms with Crippen molar-refractivity contribution in [1.82, 2.24) is 0 Å². The Morgan fingerprint density at radius 3 is 2.17 bits per heavy atom. The molecule has 0 aliphatic rings. The van der Waals surface area contributed by atoms with Crippen LogP contribution < -0.4 is 9.47 Å². The van der Waals surface area contributed by atoms with Gasteiger partial charge < -0.3 is 18.9 Å². The zero-order chi connectivity index (χ0) is 17.4. The number of nitro groups is 1. The molecule has 7 nitrogen and oxygen atoms in total. The fourth-order valence-corrected chi connectivity index (χ4v) is 2.05. The van der Waals surface area contributed by atoms with Crippen molar-refractivity contribution in [3.63, 3.8) is 0 Å². The summed E-state index contributed by atoms with van der Waals surface area (Å²) >= 11 is 0. The molecule has 0 spiro atoms. The van der Waals surface area contributed by atoms with E-state index in [0.717, 1.165) is 0 Å². The number of nitro benzene ring substituents is 1. The summed E-state index contributed by atoms with van der Waals surface area (Å²) < 4.78 is 21.5. The van der Waals surface area contributed by atoms with Gasteiger partial charge in [-0.1, -0.05) is 24.3 Å². The second-order valence-corrected chi connectivity index (χ2v) is 4.83. The summed E-state index contributed by atoms with van der Waals surface area (Å²) in [4.78, 5) is 10.6. The van der Waals surface area contributed by atoms with Crippen LogP contribution in [0.4, 0.5) is 5.69 Å². The van der Waals surface area contributed by atoms with Crippen LogP contribution in [-0.2, 0) is 16.1 Å². The van der Waals surface area contributed by atoms with Crippen LogP contribution >= 0.6 is 0 Å². The summed E-state index contributed by atoms with van der Waals surface area (Å²) in [7, 11) is 3.04. The molecular weight excluding hydrogens is 314 g/mol. The molecule has 2 rings (SSSR count). The van der Waals surface area contributed by atoms with Crippen molar-refractivity contribution >= 4 is 5.69 Å². The van der Waals surface area contributed by atoms with Gasteiger partial charge in [0.05, 0.1) is 10.5 Å². The largest absolute Gasteiger partial charge is 0.485 e. The Kier molecular flexibility index (Phi) is 6.53. The molecule has 0 saturated heterocycles. The smallest absolute Gasteiger partial charge is 0.276 e. The van der Waals surface area contributed by atoms with Crippen molar-refractivity contribution < 1.29 is 23.9 Å². The van der Waals surface area contributed by atoms with Gasteiger partial charge in [0.2, 0.25) is 0 Å². The summed E-state index contributed by atoms with van der Waals surface area (Å²) in [5, 5.41) is 11.0. The lowest BCUT2D eigenvalue weighted by Crippen LogP contribution is -2.22. The first-order valence-electron chi connectivity index (χ1n) is 7.28. The Morgan fingerprint density at radius 1 is 0.958 bits per heavy atom. The number of ether oxygens (including phenoxy) is 4. The minimum atomic E-state index is -0.492. The van der Waals surface area contributed by atoms with E-state index in [2.05, 4.69) is 0 Å². The lowest BCUT2D eigenvalue weighted by Gasteiger charge is -2.16. The van der Waals surface area contributed by atoms with E-state index < -0.39 is 11.2 Å². The maximum absolute atomic E-state index is 11.0. The van der Waals surface area contributed by atoms with Crippen LogP contribution in [0.2, 0.25) is 0 Å². The second kappa shape index (κ2) is 8.85. The van der Waals surface area contributed by atoms with E-state index in [1.165, 1.54) is 20.3 Å². The third-order valence-corrected chi connectivity index (χ3v) is 3.32. The van der Waals surface area contributed by atoms with E-state index in [-0.39, 0.29) is 18.9 Å². The van der Waals surface area contributed by atoms with Crippen LogP contribution in [0.5, 0.6) is 11.5 Å². The molecule has 0 aliphatic heterocycles. The van der Waals surface area contributed by atoms with Crippen LogP contribution in [0.15, 0.2) is 48.5 Å². The summed E-state index contributed by atoms with van der Waals surface area (Å²) in [5.41, 5.74) is 0.513. The van der Waals surface area contributed by atoms with E-state index >= 15 is 0 Å². The van der Waals surface area contributed by atoms with Gasteiger partial charge in [-0.25, -0.2) is 0 Å². The lowest BCUT2D eigenvalue weighted by molar-refractivity contribution is -0.385. The minimum Gasteiger partial charge on any atom is -0.485 e. The lowest BCUT2D eigenvalue weighted by atomic mass is 10.2. The normalized spacial score (nSPS) is 10.6. The summed E-state index contributed by atoms with van der Waals surface area (Å²) in [6.07, 6.45) is -0.492. The van der Waals surface area contributed by atoms with Gasteiger partial charge in [0.25, 0.3) is 5.69 Å². The quantitative estimate of drug-likeness (QED) is 0.398. The maximum atomic E-state index is 11.0. The highest BCUT2D eigenvalue weighted by Gasteiger charge is 2.14. The molecule has 2 aromatic rings. The molecule has 0 amide bonds. The fourth-order valence-electron chi connectivity index (χ4n) is 2.05. The number of para-hydroxylation sites is 3. The number of nitrogens with zero attached hydrogens (tertiary/aromatic N) is 1. The molecule has 128 valence electrons. The highest BCUT2D eigenvalue weighted by molar-refractivity contribution is 5.42. The van der Waals surface area contributed by atoms with Crippen LogP contribution in [0, 0.1) is 10.1 Å². The Labute approximate surface area is 139 Å². The van der Waals surface area contributed by atoms with Gasteiger partial charge in [-0.15, -0.1) is 0 Å². The Morgan fingerprint density at radius 2 is 1.54 bits per heavy atom. The predicted molar refractivity (Wildman–Crippen MR) is 87.2 cm³/mol. The van der Waals surface area contributed by atoms with Gasteiger partial charge in [0.1, 0.15) is 13.2 Å². The molecule has 0 unspecified atom stereocenters. The monoisotopic (exact) mass is 333 g/mol. The first-order chi connectivity index (χ1) is 11.7. The van der Waals surface area contributed by atoms with E-state index in [0.29, 0.717) is 17.1 Å². The zero-order valence-corrected chi connectivity index (χ0v) is 13.5. The average molecular weight is 333 g/mol. The molecule has 0 fully saturated rings. The molecule has 24 heavy (non-hydrogen) atoms. The molecular formula is C17H19NO6. The molecule has 0 heterocycles. The van der Waals surface area contributed by atoms with Gasteiger partial charge in [0, 0.05) is 20.3 Å². The Bertz CT molecular complexity index is 672. The Hall–Kier alpha value is -2.64. The second-order valence-electron chi connectivity index (χ2n) is 4.83. The molecule has 0 aromatic heterocycles. The molecule has 0 N–H and O–H groups in total. The van der Waals surface area contributed by atoms with Gasteiger partial charge >= 0.3 is 0 Å². The number of hydrogen-bond acceptors (Lipinski definition) is 6. The first-order valence-corrected chi connectivity index (χ1v) is 7.28. The molecule has 0 radical (unpaired) electrons. The minimum absolute atomic E-state index is 0.0229. The van der Waals surface area contributed by atoms with Crippen molar-refractivity contribution in [2.75, 3.05) is 20.8 Å². The van der Waals surface area contributed by atoms with Crippen molar-refractivity contribution in [3.8, 4) is 11.5 Å². The van der Waals surface area contributed by atoms with Crippen molar-refractivity contribution in [3.05, 3.63) is 64.2 Å². The van der Waals surface area contributed by atoms with Crippen LogP contribution in [0.25, 0.3) is 0 Å². The molecule has 0 aliphatic carbocycles. The SMILES string of the molecule is COC(COc1ccccc1OCc1ccccc1[N+](=O)[O-])OC. The first kappa shape index (κ1) is 17.7. The van der Waals surface area contributed by atoms with Gasteiger partial charge in [-0.2, -0.15) is 0 Å². The third kappa shape index (κ3) is 4.68. The standard InChI is InChI=1S/C17H19NO6/c1-21-17(22-2)12-24-16-10-6-5-9-15(16)23-11-13-7-3-4-8-14(13)18(19)20/h3-10,17H,11-12H2,1-2H3. The summed E-state index contributed by atoms with van der Waals surface area (Å²) in [6.45, 7) is 0.258. The fraction of sp³-hybridized carbons (Fsp3) is 0.294. The average Bonchev–Trinajstić information content (AvgIpc) is 2.61.